The second-order valence-electron chi connectivity index (χ2n) is 7.00. The summed E-state index contributed by atoms with van der Waals surface area (Å²) in [7, 11) is 0. The molecule has 4 nitrogen and oxygen atoms in total. The van der Waals surface area contributed by atoms with Gasteiger partial charge in [-0.3, -0.25) is 14.5 Å². The molecule has 4 rings (SSSR count). The molecule has 1 saturated heterocycles. The van der Waals surface area contributed by atoms with Crippen LogP contribution in [0.2, 0.25) is 0 Å². The quantitative estimate of drug-likeness (QED) is 0.829. The van der Waals surface area contributed by atoms with E-state index in [4.69, 9.17) is 0 Å². The van der Waals surface area contributed by atoms with Crippen molar-refractivity contribution in [1.82, 2.24) is 0 Å². The van der Waals surface area contributed by atoms with Gasteiger partial charge in [0.05, 0.1) is 5.75 Å². The number of hydrogen-bond donors (Lipinski definition) is 1. The number of benzene rings is 2. The maximum atomic E-state index is 13.2. The molecular formula is C21H21FN2O2S. The molecular weight excluding hydrogens is 363 g/mol. The molecule has 0 spiro atoms. The number of halogens is 1. The number of rotatable bonds is 4. The molecule has 1 aliphatic carbocycles. The van der Waals surface area contributed by atoms with Crippen molar-refractivity contribution in [3.63, 3.8) is 0 Å². The fraction of sp³-hybridized carbons (Fsp3) is 0.333. The second kappa shape index (κ2) is 7.72. The van der Waals surface area contributed by atoms with E-state index in [0.717, 1.165) is 36.9 Å². The van der Waals surface area contributed by atoms with Gasteiger partial charge in [-0.25, -0.2) is 4.39 Å². The minimum atomic E-state index is -0.322. The van der Waals surface area contributed by atoms with Crippen LogP contribution in [0, 0.1) is 11.7 Å². The van der Waals surface area contributed by atoms with Crippen LogP contribution in [0.1, 0.15) is 36.6 Å². The van der Waals surface area contributed by atoms with Gasteiger partial charge in [-0.05, 0) is 54.8 Å². The van der Waals surface area contributed by atoms with Crippen LogP contribution in [-0.2, 0) is 9.59 Å². The Balaban J connectivity index is 1.49. The van der Waals surface area contributed by atoms with Gasteiger partial charge in [-0.2, -0.15) is 0 Å². The molecule has 2 aliphatic rings. The highest BCUT2D eigenvalue weighted by atomic mass is 32.2. The molecule has 1 N–H and O–H groups in total. The van der Waals surface area contributed by atoms with E-state index >= 15 is 0 Å². The van der Waals surface area contributed by atoms with Crippen molar-refractivity contribution in [2.75, 3.05) is 16.0 Å². The number of carbonyl (C=O) groups excluding carboxylic acids is 2. The molecule has 1 saturated carbocycles. The van der Waals surface area contributed by atoms with E-state index in [9.17, 15) is 14.0 Å². The molecule has 0 aromatic heterocycles. The summed E-state index contributed by atoms with van der Waals surface area (Å²) in [4.78, 5) is 26.3. The smallest absolute Gasteiger partial charge is 0.238 e. The average molecular weight is 384 g/mol. The molecule has 6 heteroatoms. The minimum absolute atomic E-state index is 0.00946. The number of hydrogen-bond acceptors (Lipinski definition) is 3. The Bertz CT molecular complexity index is 832. The van der Waals surface area contributed by atoms with Crippen molar-refractivity contribution in [2.45, 2.75) is 31.1 Å². The third kappa shape index (κ3) is 3.86. The molecule has 2 amide bonds. The summed E-state index contributed by atoms with van der Waals surface area (Å²) in [5, 5.41) is 2.84. The molecule has 2 aromatic carbocycles. The first kappa shape index (κ1) is 18.0. The highest BCUT2D eigenvalue weighted by Gasteiger charge is 2.34. The van der Waals surface area contributed by atoms with Crippen LogP contribution in [0.3, 0.4) is 0 Å². The van der Waals surface area contributed by atoms with Gasteiger partial charge in [0.15, 0.2) is 0 Å². The van der Waals surface area contributed by atoms with Crippen molar-refractivity contribution >= 4 is 35.0 Å². The first-order chi connectivity index (χ1) is 13.1. The molecule has 0 bridgehead atoms. The van der Waals surface area contributed by atoms with E-state index in [1.165, 1.54) is 12.1 Å². The van der Waals surface area contributed by atoms with Crippen molar-refractivity contribution in [3.8, 4) is 0 Å². The van der Waals surface area contributed by atoms with Gasteiger partial charge in [0.2, 0.25) is 11.8 Å². The monoisotopic (exact) mass is 384 g/mol. The van der Waals surface area contributed by atoms with Crippen LogP contribution in [0.25, 0.3) is 0 Å². The summed E-state index contributed by atoms with van der Waals surface area (Å²) >= 11 is 1.55. The molecule has 1 heterocycles. The van der Waals surface area contributed by atoms with Crippen LogP contribution in [0.4, 0.5) is 15.8 Å². The lowest BCUT2D eigenvalue weighted by Crippen LogP contribution is -2.27. The minimum Gasteiger partial charge on any atom is -0.326 e. The Hall–Kier alpha value is -2.34. The lowest BCUT2D eigenvalue weighted by Gasteiger charge is -2.24. The van der Waals surface area contributed by atoms with Crippen molar-refractivity contribution in [1.29, 1.82) is 0 Å². The van der Waals surface area contributed by atoms with Gasteiger partial charge < -0.3 is 5.32 Å². The third-order valence-electron chi connectivity index (χ3n) is 5.16. The second-order valence-corrected chi connectivity index (χ2v) is 8.06. The number of carbonyl (C=O) groups is 2. The zero-order chi connectivity index (χ0) is 18.8. The SMILES string of the molecule is O=C(Nc1ccc([C@@H]2SCC(=O)N2c2ccc(F)cc2)cc1)C1CCCC1. The number of amides is 2. The largest absolute Gasteiger partial charge is 0.326 e. The van der Waals surface area contributed by atoms with Crippen molar-refractivity contribution in [3.05, 3.63) is 59.9 Å². The van der Waals surface area contributed by atoms with E-state index in [2.05, 4.69) is 5.32 Å². The highest BCUT2D eigenvalue weighted by Crippen LogP contribution is 2.42. The normalized spacial score (nSPS) is 20.3. The maximum absolute atomic E-state index is 13.2. The highest BCUT2D eigenvalue weighted by molar-refractivity contribution is 8.00. The Morgan fingerprint density at radius 1 is 1.04 bits per heavy atom. The molecule has 140 valence electrons. The number of anilines is 2. The fourth-order valence-electron chi connectivity index (χ4n) is 3.71. The summed E-state index contributed by atoms with van der Waals surface area (Å²) in [6.07, 6.45) is 4.20. The zero-order valence-corrected chi connectivity index (χ0v) is 15.7. The maximum Gasteiger partial charge on any atom is 0.238 e. The standard InChI is InChI=1S/C21H21FN2O2S/c22-16-7-11-18(12-8-16)24-19(25)13-27-21(24)15-5-9-17(10-6-15)23-20(26)14-3-1-2-4-14/h5-12,14,21H,1-4,13H2,(H,23,26)/t21-/m0/s1. The van der Waals surface area contributed by atoms with Gasteiger partial charge in [-0.1, -0.05) is 25.0 Å². The lowest BCUT2D eigenvalue weighted by molar-refractivity contribution is -0.119. The third-order valence-corrected chi connectivity index (χ3v) is 6.37. The van der Waals surface area contributed by atoms with Crippen LogP contribution in [0.5, 0.6) is 0 Å². The topological polar surface area (TPSA) is 49.4 Å². The molecule has 2 fully saturated rings. The lowest BCUT2D eigenvalue weighted by atomic mass is 10.1. The van der Waals surface area contributed by atoms with E-state index in [1.807, 2.05) is 24.3 Å². The first-order valence-corrected chi connectivity index (χ1v) is 10.3. The summed E-state index contributed by atoms with van der Waals surface area (Å²) in [5.41, 5.74) is 2.45. The van der Waals surface area contributed by atoms with Crippen LogP contribution in [0.15, 0.2) is 48.5 Å². The zero-order valence-electron chi connectivity index (χ0n) is 14.9. The summed E-state index contributed by atoms with van der Waals surface area (Å²) in [6.45, 7) is 0. The summed E-state index contributed by atoms with van der Waals surface area (Å²) in [6, 6.07) is 13.6. The van der Waals surface area contributed by atoms with Crippen LogP contribution in [-0.4, -0.2) is 17.6 Å². The Kier molecular flexibility index (Phi) is 5.16. The number of nitrogens with one attached hydrogen (secondary N) is 1. The van der Waals surface area contributed by atoms with E-state index in [1.54, 1.807) is 28.8 Å². The van der Waals surface area contributed by atoms with Gasteiger partial charge in [-0.15, -0.1) is 11.8 Å². The van der Waals surface area contributed by atoms with E-state index < -0.39 is 0 Å². The number of thioether (sulfide) groups is 1. The van der Waals surface area contributed by atoms with Crippen molar-refractivity contribution in [2.24, 2.45) is 5.92 Å². The number of nitrogens with zero attached hydrogens (tertiary/aromatic N) is 1. The average Bonchev–Trinajstić information content (AvgIpc) is 3.33. The van der Waals surface area contributed by atoms with Crippen LogP contribution < -0.4 is 10.2 Å². The Labute approximate surface area is 162 Å². The van der Waals surface area contributed by atoms with Gasteiger partial charge in [0, 0.05) is 17.3 Å². The van der Waals surface area contributed by atoms with E-state index in [-0.39, 0.29) is 28.9 Å². The first-order valence-electron chi connectivity index (χ1n) is 9.22. The summed E-state index contributed by atoms with van der Waals surface area (Å²) in [5.74, 6) is 0.301. The van der Waals surface area contributed by atoms with Gasteiger partial charge in [0.25, 0.3) is 0 Å². The van der Waals surface area contributed by atoms with Gasteiger partial charge in [0.1, 0.15) is 11.2 Å². The molecule has 27 heavy (non-hydrogen) atoms. The molecule has 1 atom stereocenters. The Morgan fingerprint density at radius 2 is 1.70 bits per heavy atom. The predicted octanol–water partition coefficient (Wildman–Crippen LogP) is 4.73. The Morgan fingerprint density at radius 3 is 2.37 bits per heavy atom. The predicted molar refractivity (Wildman–Crippen MR) is 106 cm³/mol. The fourth-order valence-corrected chi connectivity index (χ4v) is 4.89. The molecule has 1 aliphatic heterocycles. The van der Waals surface area contributed by atoms with Gasteiger partial charge >= 0.3 is 0 Å². The van der Waals surface area contributed by atoms with E-state index in [0.29, 0.717) is 11.4 Å². The molecule has 2 aromatic rings. The molecule has 0 unspecified atom stereocenters. The summed E-state index contributed by atoms with van der Waals surface area (Å²) < 4.78 is 13.2. The van der Waals surface area contributed by atoms with Crippen LogP contribution >= 0.6 is 11.8 Å². The molecule has 0 radical (unpaired) electrons. The van der Waals surface area contributed by atoms with Crippen molar-refractivity contribution < 1.29 is 14.0 Å².